The van der Waals surface area contributed by atoms with E-state index in [1.54, 1.807) is 0 Å². The van der Waals surface area contributed by atoms with Gasteiger partial charge in [0, 0.05) is 0 Å². The van der Waals surface area contributed by atoms with Crippen molar-refractivity contribution in [2.45, 2.75) is 64.4 Å². The Hall–Kier alpha value is -1.45. The third kappa shape index (κ3) is 5.28. The minimum absolute atomic E-state index is 0.0185. The molecule has 144 valence electrons. The van der Waals surface area contributed by atoms with Gasteiger partial charge in [0.1, 0.15) is 11.6 Å². The number of alkyl halides is 2. The molecule has 0 unspecified atom stereocenters. The van der Waals surface area contributed by atoms with Crippen LogP contribution >= 0.6 is 0 Å². The lowest BCUT2D eigenvalue weighted by Crippen LogP contribution is -2.37. The number of halogens is 3. The summed E-state index contributed by atoms with van der Waals surface area (Å²) in [6, 6.07) is 4.78. The van der Waals surface area contributed by atoms with Gasteiger partial charge in [0.2, 0.25) is 0 Å². The third-order valence-electron chi connectivity index (χ3n) is 6.03. The highest BCUT2D eigenvalue weighted by Gasteiger charge is 2.43. The molecule has 1 aromatic rings. The van der Waals surface area contributed by atoms with Crippen LogP contribution in [0.1, 0.15) is 58.3 Å². The van der Waals surface area contributed by atoms with Crippen LogP contribution in [0.2, 0.25) is 0 Å². The lowest BCUT2D eigenvalue weighted by Gasteiger charge is -2.32. The summed E-state index contributed by atoms with van der Waals surface area (Å²) >= 11 is 0. The largest absolute Gasteiger partial charge is 0.432 e. The van der Waals surface area contributed by atoms with E-state index in [0.717, 1.165) is 30.9 Å². The Morgan fingerprint density at radius 1 is 0.846 bits per heavy atom. The summed E-state index contributed by atoms with van der Waals surface area (Å²) in [7, 11) is 0. The first-order valence-electron chi connectivity index (χ1n) is 9.93. The molecule has 0 bridgehead atoms. The van der Waals surface area contributed by atoms with Gasteiger partial charge >= 0.3 is 6.11 Å². The number of hydrogen-bond acceptors (Lipinski definition) is 1. The number of rotatable bonds is 5. The van der Waals surface area contributed by atoms with Crippen LogP contribution in [-0.2, 0) is 0 Å². The Kier molecular flexibility index (Phi) is 6.31. The molecule has 0 N–H and O–H groups in total. The molecule has 0 saturated heterocycles. The fourth-order valence-electron chi connectivity index (χ4n) is 4.18. The van der Waals surface area contributed by atoms with Crippen molar-refractivity contribution >= 4 is 0 Å². The Morgan fingerprint density at radius 2 is 1.35 bits per heavy atom. The first-order valence-corrected chi connectivity index (χ1v) is 9.93. The normalized spacial score (nSPS) is 30.5. The molecular formula is C22H29F3O. The van der Waals surface area contributed by atoms with E-state index in [1.165, 1.54) is 37.8 Å². The van der Waals surface area contributed by atoms with Crippen LogP contribution in [0.4, 0.5) is 13.2 Å². The van der Waals surface area contributed by atoms with Gasteiger partial charge in [-0.15, -0.1) is 0 Å². The topological polar surface area (TPSA) is 9.23 Å². The Balaban J connectivity index is 1.47. The summed E-state index contributed by atoms with van der Waals surface area (Å²) in [6.45, 7) is 2.31. The molecular weight excluding hydrogens is 337 g/mol. The fraction of sp³-hybridized carbons (Fsp3) is 0.636. The van der Waals surface area contributed by atoms with E-state index in [4.69, 9.17) is 4.74 Å². The van der Waals surface area contributed by atoms with E-state index in [0.29, 0.717) is 24.7 Å². The number of benzene rings is 1. The van der Waals surface area contributed by atoms with E-state index in [1.807, 2.05) is 0 Å². The predicted molar refractivity (Wildman–Crippen MR) is 97.7 cm³/mol. The second-order valence-corrected chi connectivity index (χ2v) is 8.13. The van der Waals surface area contributed by atoms with Gasteiger partial charge in [-0.2, -0.15) is 8.78 Å². The average Bonchev–Trinajstić information content (AvgIpc) is 2.63. The number of ether oxygens (including phenoxy) is 1. The van der Waals surface area contributed by atoms with Crippen molar-refractivity contribution in [2.24, 2.45) is 23.7 Å². The van der Waals surface area contributed by atoms with E-state index >= 15 is 0 Å². The molecule has 0 aliphatic heterocycles. The monoisotopic (exact) mass is 366 g/mol. The maximum Gasteiger partial charge on any atom is 0.400 e. The standard InChI is InChI=1S/C22H29F3O/c1-16-2-4-17(5-3-16)6-7-18-8-10-19(11-9-18)22(24,25)26-21-14-12-20(23)13-15-21/h6-7,12-19H,2-5,8-11H2,1H3/b7-6+. The molecule has 1 aromatic carbocycles. The van der Waals surface area contributed by atoms with Crippen LogP contribution < -0.4 is 4.74 Å². The van der Waals surface area contributed by atoms with Gasteiger partial charge in [-0.25, -0.2) is 4.39 Å². The van der Waals surface area contributed by atoms with E-state index in [2.05, 4.69) is 19.1 Å². The van der Waals surface area contributed by atoms with Gasteiger partial charge in [0.25, 0.3) is 0 Å². The molecule has 0 radical (unpaired) electrons. The van der Waals surface area contributed by atoms with Crippen molar-refractivity contribution in [3.63, 3.8) is 0 Å². The van der Waals surface area contributed by atoms with Crippen molar-refractivity contribution in [3.05, 3.63) is 42.2 Å². The summed E-state index contributed by atoms with van der Waals surface area (Å²) < 4.78 is 46.6. The molecule has 0 heterocycles. The Bertz CT molecular complexity index is 580. The van der Waals surface area contributed by atoms with Gasteiger partial charge in [-0.3, -0.25) is 0 Å². The Labute approximate surface area is 154 Å². The zero-order chi connectivity index (χ0) is 18.6. The maximum absolute atomic E-state index is 14.4. The van der Waals surface area contributed by atoms with Crippen LogP contribution in [0.25, 0.3) is 0 Å². The lowest BCUT2D eigenvalue weighted by atomic mass is 9.79. The van der Waals surface area contributed by atoms with Gasteiger partial charge in [-0.05, 0) is 80.5 Å². The van der Waals surface area contributed by atoms with E-state index in [-0.39, 0.29) is 5.75 Å². The molecule has 0 amide bonds. The van der Waals surface area contributed by atoms with E-state index < -0.39 is 17.8 Å². The number of allylic oxidation sites excluding steroid dienone is 2. The van der Waals surface area contributed by atoms with Crippen LogP contribution in [0.15, 0.2) is 36.4 Å². The van der Waals surface area contributed by atoms with Crippen molar-refractivity contribution in [3.8, 4) is 5.75 Å². The molecule has 2 fully saturated rings. The molecule has 0 spiro atoms. The summed E-state index contributed by atoms with van der Waals surface area (Å²) in [5.41, 5.74) is 0. The highest BCUT2D eigenvalue weighted by atomic mass is 19.3. The molecule has 4 heteroatoms. The van der Waals surface area contributed by atoms with Crippen LogP contribution in [0, 0.1) is 29.5 Å². The summed E-state index contributed by atoms with van der Waals surface area (Å²) in [5, 5.41) is 0. The highest BCUT2D eigenvalue weighted by molar-refractivity contribution is 5.22. The van der Waals surface area contributed by atoms with Gasteiger partial charge in [0.05, 0.1) is 5.92 Å². The molecule has 0 atom stereocenters. The van der Waals surface area contributed by atoms with Gasteiger partial charge in [0.15, 0.2) is 0 Å². The van der Waals surface area contributed by atoms with Crippen molar-refractivity contribution < 1.29 is 17.9 Å². The lowest BCUT2D eigenvalue weighted by molar-refractivity contribution is -0.223. The molecule has 2 aliphatic rings. The van der Waals surface area contributed by atoms with Crippen molar-refractivity contribution in [2.75, 3.05) is 0 Å². The molecule has 0 aromatic heterocycles. The highest BCUT2D eigenvalue weighted by Crippen LogP contribution is 2.40. The molecule has 2 aliphatic carbocycles. The van der Waals surface area contributed by atoms with E-state index in [9.17, 15) is 13.2 Å². The quantitative estimate of drug-likeness (QED) is 0.510. The Morgan fingerprint density at radius 3 is 1.88 bits per heavy atom. The van der Waals surface area contributed by atoms with Crippen LogP contribution in [0.5, 0.6) is 5.75 Å². The second kappa shape index (κ2) is 8.49. The minimum Gasteiger partial charge on any atom is -0.432 e. The first-order chi connectivity index (χ1) is 12.4. The minimum atomic E-state index is -3.20. The zero-order valence-corrected chi connectivity index (χ0v) is 15.5. The third-order valence-corrected chi connectivity index (χ3v) is 6.03. The average molecular weight is 366 g/mol. The molecule has 3 rings (SSSR count). The summed E-state index contributed by atoms with van der Waals surface area (Å²) in [5.74, 6) is 0.718. The number of hydrogen-bond donors (Lipinski definition) is 0. The maximum atomic E-state index is 14.4. The van der Waals surface area contributed by atoms with Gasteiger partial charge < -0.3 is 4.74 Å². The molecule has 2 saturated carbocycles. The van der Waals surface area contributed by atoms with Crippen molar-refractivity contribution in [1.29, 1.82) is 0 Å². The smallest absolute Gasteiger partial charge is 0.400 e. The zero-order valence-electron chi connectivity index (χ0n) is 15.5. The SMILES string of the molecule is CC1CCC(/C=C/C2CCC(C(F)(F)Oc3ccc(F)cc3)CC2)CC1. The van der Waals surface area contributed by atoms with Gasteiger partial charge in [-0.1, -0.05) is 31.9 Å². The van der Waals surface area contributed by atoms with Crippen LogP contribution in [0.3, 0.4) is 0 Å². The van der Waals surface area contributed by atoms with Crippen LogP contribution in [-0.4, -0.2) is 6.11 Å². The van der Waals surface area contributed by atoms with Crippen molar-refractivity contribution in [1.82, 2.24) is 0 Å². The second-order valence-electron chi connectivity index (χ2n) is 8.13. The first kappa shape index (κ1) is 19.3. The summed E-state index contributed by atoms with van der Waals surface area (Å²) in [6.07, 6.45) is 9.03. The predicted octanol–water partition coefficient (Wildman–Crippen LogP) is 6.99. The molecule has 26 heavy (non-hydrogen) atoms. The molecule has 1 nitrogen and oxygen atoms in total. The fourth-order valence-corrected chi connectivity index (χ4v) is 4.18. The summed E-state index contributed by atoms with van der Waals surface area (Å²) in [4.78, 5) is 0.